The fourth-order valence-corrected chi connectivity index (χ4v) is 2.48. The number of nitrogens with zero attached hydrogens (tertiary/aromatic N) is 1. The Kier molecular flexibility index (Phi) is 7.25. The minimum absolute atomic E-state index is 0.0246. The Hall–Kier alpha value is -2.37. The van der Waals surface area contributed by atoms with Gasteiger partial charge in [-0.1, -0.05) is 37.3 Å². The molecule has 0 aliphatic rings. The number of ether oxygens (including phenoxy) is 1. The number of hydrogen-bond acceptors (Lipinski definition) is 5. The number of benzene rings is 1. The summed E-state index contributed by atoms with van der Waals surface area (Å²) >= 11 is 0. The fourth-order valence-electron chi connectivity index (χ4n) is 2.48. The normalized spacial score (nSPS) is 14.4. The largest absolute Gasteiger partial charge is 0.463 e. The van der Waals surface area contributed by atoms with E-state index in [0.717, 1.165) is 5.56 Å². The zero-order valence-corrected chi connectivity index (χ0v) is 14.0. The van der Waals surface area contributed by atoms with Crippen LogP contribution >= 0.6 is 0 Å². The molecule has 1 aromatic carbocycles. The van der Waals surface area contributed by atoms with Gasteiger partial charge < -0.3 is 10.1 Å². The van der Waals surface area contributed by atoms with Crippen LogP contribution in [-0.2, 0) is 9.53 Å². The van der Waals surface area contributed by atoms with Crippen LogP contribution in [0.1, 0.15) is 39.3 Å². The lowest BCUT2D eigenvalue weighted by atomic mass is 9.98. The van der Waals surface area contributed by atoms with Crippen molar-refractivity contribution in [2.75, 3.05) is 13.2 Å². The minimum atomic E-state index is -0.528. The molecular weight excluding hydrogens is 296 g/mol. The van der Waals surface area contributed by atoms with Crippen LogP contribution in [0.25, 0.3) is 0 Å². The van der Waals surface area contributed by atoms with Gasteiger partial charge in [0.1, 0.15) is 0 Å². The molecule has 0 aromatic heterocycles. The third-order valence-corrected chi connectivity index (χ3v) is 3.55. The predicted octanol–water partition coefficient (Wildman–Crippen LogP) is 3.09. The van der Waals surface area contributed by atoms with Crippen molar-refractivity contribution in [3.63, 3.8) is 0 Å². The van der Waals surface area contributed by atoms with E-state index in [4.69, 9.17) is 4.74 Å². The van der Waals surface area contributed by atoms with Crippen molar-refractivity contribution < 1.29 is 14.5 Å². The van der Waals surface area contributed by atoms with E-state index in [-0.39, 0.29) is 19.2 Å². The van der Waals surface area contributed by atoms with Crippen molar-refractivity contribution in [2.24, 2.45) is 5.92 Å². The molecule has 0 unspecified atom stereocenters. The second-order valence-electron chi connectivity index (χ2n) is 5.45. The molecule has 0 spiro atoms. The molecule has 126 valence electrons. The number of rotatable bonds is 8. The number of hydrogen-bond donors (Lipinski definition) is 1. The predicted molar refractivity (Wildman–Crippen MR) is 88.4 cm³/mol. The Morgan fingerprint density at radius 3 is 2.43 bits per heavy atom. The molecule has 0 bridgehead atoms. The van der Waals surface area contributed by atoms with Gasteiger partial charge in [0.25, 0.3) is 0 Å². The van der Waals surface area contributed by atoms with Crippen LogP contribution in [0, 0.1) is 16.0 Å². The van der Waals surface area contributed by atoms with Crippen LogP contribution < -0.4 is 5.32 Å². The topological polar surface area (TPSA) is 81.5 Å². The zero-order valence-electron chi connectivity index (χ0n) is 14.0. The maximum absolute atomic E-state index is 12.2. The molecule has 0 aliphatic carbocycles. The van der Waals surface area contributed by atoms with Crippen molar-refractivity contribution >= 4 is 5.97 Å². The standard InChI is InChI=1S/C17H24N2O4/c1-5-23-17(20)16(12(2)11-19(21)22)14(4)18-13(3)15-9-7-6-8-10-15/h6-10,12-13,18H,5,11H2,1-4H3/b16-14+/t12-,13-/m1/s1. The monoisotopic (exact) mass is 320 g/mol. The summed E-state index contributed by atoms with van der Waals surface area (Å²) in [6.45, 7) is 7.01. The molecule has 0 heterocycles. The van der Waals surface area contributed by atoms with Crippen molar-refractivity contribution in [2.45, 2.75) is 33.7 Å². The second-order valence-corrected chi connectivity index (χ2v) is 5.45. The zero-order chi connectivity index (χ0) is 17.4. The average Bonchev–Trinajstić information content (AvgIpc) is 2.47. The Morgan fingerprint density at radius 2 is 1.91 bits per heavy atom. The molecule has 1 N–H and O–H groups in total. The van der Waals surface area contributed by atoms with E-state index in [1.165, 1.54) is 0 Å². The highest BCUT2D eigenvalue weighted by Gasteiger charge is 2.25. The molecule has 0 radical (unpaired) electrons. The van der Waals surface area contributed by atoms with Gasteiger partial charge >= 0.3 is 5.97 Å². The quantitative estimate of drug-likeness (QED) is 0.344. The number of esters is 1. The highest BCUT2D eigenvalue weighted by Crippen LogP contribution is 2.20. The number of carbonyl (C=O) groups is 1. The molecule has 6 nitrogen and oxygen atoms in total. The van der Waals surface area contributed by atoms with E-state index in [9.17, 15) is 14.9 Å². The lowest BCUT2D eigenvalue weighted by molar-refractivity contribution is -0.485. The van der Waals surface area contributed by atoms with Gasteiger partial charge in [-0.2, -0.15) is 0 Å². The van der Waals surface area contributed by atoms with E-state index in [2.05, 4.69) is 5.32 Å². The van der Waals surface area contributed by atoms with Crippen LogP contribution in [-0.4, -0.2) is 24.0 Å². The Bertz CT molecular complexity index is 569. The van der Waals surface area contributed by atoms with Crippen molar-refractivity contribution in [1.29, 1.82) is 0 Å². The van der Waals surface area contributed by atoms with Crippen LogP contribution in [0.3, 0.4) is 0 Å². The molecule has 23 heavy (non-hydrogen) atoms. The van der Waals surface area contributed by atoms with E-state index < -0.39 is 16.8 Å². The lowest BCUT2D eigenvalue weighted by Crippen LogP contribution is -2.27. The number of nitro groups is 1. The van der Waals surface area contributed by atoms with Gasteiger partial charge in [0, 0.05) is 16.7 Å². The fraction of sp³-hybridized carbons (Fsp3) is 0.471. The summed E-state index contributed by atoms with van der Waals surface area (Å²) in [6.07, 6.45) is 0. The Balaban J connectivity index is 3.03. The molecular formula is C17H24N2O4. The highest BCUT2D eigenvalue weighted by molar-refractivity contribution is 5.89. The maximum Gasteiger partial charge on any atom is 0.336 e. The summed E-state index contributed by atoms with van der Waals surface area (Å²) in [6, 6.07) is 9.75. The maximum atomic E-state index is 12.2. The van der Waals surface area contributed by atoms with Gasteiger partial charge in [0.2, 0.25) is 6.54 Å². The lowest BCUT2D eigenvalue weighted by Gasteiger charge is -2.21. The SMILES string of the molecule is CCOC(=O)/C(=C(\C)N[C@H](C)c1ccccc1)[C@H](C)C[N+](=O)[O-]. The van der Waals surface area contributed by atoms with Crippen LogP contribution in [0.2, 0.25) is 0 Å². The van der Waals surface area contributed by atoms with Gasteiger partial charge in [0.05, 0.1) is 18.1 Å². The van der Waals surface area contributed by atoms with Crippen LogP contribution in [0.15, 0.2) is 41.6 Å². The molecule has 0 fully saturated rings. The highest BCUT2D eigenvalue weighted by atomic mass is 16.6. The molecule has 2 atom stereocenters. The number of allylic oxidation sites excluding steroid dienone is 1. The van der Waals surface area contributed by atoms with Crippen LogP contribution in [0.5, 0.6) is 0 Å². The van der Waals surface area contributed by atoms with Crippen molar-refractivity contribution in [3.8, 4) is 0 Å². The molecule has 0 saturated heterocycles. The third kappa shape index (κ3) is 5.73. The molecule has 6 heteroatoms. The van der Waals surface area contributed by atoms with E-state index >= 15 is 0 Å². The molecule has 0 aliphatic heterocycles. The van der Waals surface area contributed by atoms with E-state index in [1.807, 2.05) is 37.3 Å². The first-order valence-corrected chi connectivity index (χ1v) is 7.68. The van der Waals surface area contributed by atoms with E-state index in [1.54, 1.807) is 20.8 Å². The summed E-state index contributed by atoms with van der Waals surface area (Å²) in [5.41, 5.74) is 2.00. The molecule has 0 amide bonds. The first-order valence-electron chi connectivity index (χ1n) is 7.68. The first-order chi connectivity index (χ1) is 10.9. The van der Waals surface area contributed by atoms with E-state index in [0.29, 0.717) is 11.3 Å². The smallest absolute Gasteiger partial charge is 0.336 e. The molecule has 0 saturated carbocycles. The van der Waals surface area contributed by atoms with Crippen molar-refractivity contribution in [1.82, 2.24) is 5.32 Å². The summed E-state index contributed by atoms with van der Waals surface area (Å²) in [5.74, 6) is -1.04. The van der Waals surface area contributed by atoms with Gasteiger partial charge in [-0.25, -0.2) is 4.79 Å². The van der Waals surface area contributed by atoms with Crippen LogP contribution in [0.4, 0.5) is 0 Å². The van der Waals surface area contributed by atoms with Gasteiger partial charge in [0.15, 0.2) is 0 Å². The average molecular weight is 320 g/mol. The molecule has 1 rings (SSSR count). The Labute approximate surface area is 136 Å². The summed E-state index contributed by atoms with van der Waals surface area (Å²) in [5, 5.41) is 14.0. The summed E-state index contributed by atoms with van der Waals surface area (Å²) in [4.78, 5) is 22.5. The molecule has 1 aromatic rings. The third-order valence-electron chi connectivity index (χ3n) is 3.55. The van der Waals surface area contributed by atoms with Gasteiger partial charge in [-0.15, -0.1) is 0 Å². The Morgan fingerprint density at radius 1 is 1.30 bits per heavy atom. The van der Waals surface area contributed by atoms with Gasteiger partial charge in [-0.05, 0) is 26.3 Å². The van der Waals surface area contributed by atoms with Crippen molar-refractivity contribution in [3.05, 3.63) is 57.3 Å². The summed E-state index contributed by atoms with van der Waals surface area (Å²) < 4.78 is 5.06. The number of nitrogens with one attached hydrogen (secondary N) is 1. The second kappa shape index (κ2) is 8.92. The first kappa shape index (κ1) is 18.7. The van der Waals surface area contributed by atoms with Gasteiger partial charge in [-0.3, -0.25) is 10.1 Å². The number of carbonyl (C=O) groups excluding carboxylic acids is 1. The minimum Gasteiger partial charge on any atom is -0.463 e. The summed E-state index contributed by atoms with van der Waals surface area (Å²) in [7, 11) is 0.